The lowest BCUT2D eigenvalue weighted by Gasteiger charge is -2.23. The third-order valence-electron chi connectivity index (χ3n) is 1.59. The van der Waals surface area contributed by atoms with Crippen LogP contribution in [0.15, 0.2) is 0 Å². The van der Waals surface area contributed by atoms with Crippen molar-refractivity contribution in [2.75, 3.05) is 0 Å². The van der Waals surface area contributed by atoms with Crippen LogP contribution in [-0.4, -0.2) is 3.78 Å². The number of alkyl halides is 2. The van der Waals surface area contributed by atoms with Crippen LogP contribution in [0.2, 0.25) is 0 Å². The highest BCUT2D eigenvalue weighted by molar-refractivity contribution is 9.10. The van der Waals surface area contributed by atoms with Crippen LogP contribution in [-0.2, 0) is 0 Å². The van der Waals surface area contributed by atoms with Gasteiger partial charge in [-0.1, -0.05) is 35.2 Å². The molecule has 2 heteroatoms. The predicted molar refractivity (Wildman–Crippen MR) is 40.6 cm³/mol. The van der Waals surface area contributed by atoms with Crippen molar-refractivity contribution in [3.63, 3.8) is 0 Å². The van der Waals surface area contributed by atoms with Gasteiger partial charge < -0.3 is 0 Å². The molecule has 0 amide bonds. The first-order chi connectivity index (χ1) is 3.71. The van der Waals surface area contributed by atoms with Crippen molar-refractivity contribution < 1.29 is 0 Å². The van der Waals surface area contributed by atoms with Gasteiger partial charge in [0.15, 0.2) is 0 Å². The Hall–Kier alpha value is 0.770. The molecule has 0 nitrogen and oxygen atoms in total. The molecule has 0 bridgehead atoms. The van der Waals surface area contributed by atoms with Gasteiger partial charge in [-0.15, -0.1) is 11.6 Å². The lowest BCUT2D eigenvalue weighted by atomic mass is 10.0. The zero-order valence-electron chi connectivity index (χ0n) is 4.79. The van der Waals surface area contributed by atoms with Gasteiger partial charge in [0, 0.05) is 0 Å². The first kappa shape index (κ1) is 6.88. The fourth-order valence-electron chi connectivity index (χ4n) is 1.07. The Balaban J connectivity index is 2.33. The van der Waals surface area contributed by atoms with Gasteiger partial charge in [0.1, 0.15) is 0 Å². The first-order valence-corrected chi connectivity index (χ1v) is 4.26. The third kappa shape index (κ3) is 1.94. The van der Waals surface area contributed by atoms with Crippen LogP contribution < -0.4 is 0 Å². The molecule has 0 aromatic rings. The molecule has 1 fully saturated rings. The van der Waals surface area contributed by atoms with E-state index in [2.05, 4.69) is 15.9 Å². The normalized spacial score (nSPS) is 27.8. The topological polar surface area (TPSA) is 0 Å². The van der Waals surface area contributed by atoms with Crippen LogP contribution in [0.5, 0.6) is 0 Å². The van der Waals surface area contributed by atoms with E-state index in [4.69, 9.17) is 11.6 Å². The molecule has 0 unspecified atom stereocenters. The van der Waals surface area contributed by atoms with Gasteiger partial charge in [0.25, 0.3) is 0 Å². The molecular weight excluding hydrogens is 187 g/mol. The second-order valence-corrected chi connectivity index (χ2v) is 5.11. The fourth-order valence-corrected chi connectivity index (χ4v) is 1.90. The molecule has 1 aliphatic carbocycles. The molecule has 8 heavy (non-hydrogen) atoms. The number of rotatable bonds is 0. The molecule has 0 aliphatic heterocycles. The van der Waals surface area contributed by atoms with E-state index in [-0.39, 0.29) is 3.78 Å². The smallest absolute Gasteiger partial charge is 0.0992 e. The number of hydrogen-bond donors (Lipinski definition) is 0. The van der Waals surface area contributed by atoms with Crippen molar-refractivity contribution >= 4 is 27.5 Å². The van der Waals surface area contributed by atoms with Crippen LogP contribution in [0.3, 0.4) is 0 Å². The summed E-state index contributed by atoms with van der Waals surface area (Å²) >= 11 is 9.45. The highest BCUT2D eigenvalue weighted by Gasteiger charge is 2.24. The molecule has 0 N–H and O–H groups in total. The molecule has 0 atom stereocenters. The van der Waals surface area contributed by atoms with E-state index in [1.165, 1.54) is 19.3 Å². The van der Waals surface area contributed by atoms with Gasteiger partial charge in [0.2, 0.25) is 0 Å². The summed E-state index contributed by atoms with van der Waals surface area (Å²) < 4.78 is -0.0365. The van der Waals surface area contributed by atoms with Crippen LogP contribution in [0.25, 0.3) is 0 Å². The standard InChI is InChI=1S/C6H10BrCl/c7-6(8)4-2-1-3-5-6/h1-5H2. The van der Waals surface area contributed by atoms with E-state index in [1.807, 2.05) is 0 Å². The minimum absolute atomic E-state index is 0.0365. The molecule has 1 aliphatic rings. The summed E-state index contributed by atoms with van der Waals surface area (Å²) in [6.45, 7) is 0. The van der Waals surface area contributed by atoms with Crippen LogP contribution in [0.4, 0.5) is 0 Å². The molecule has 0 heterocycles. The second kappa shape index (κ2) is 2.57. The summed E-state index contributed by atoms with van der Waals surface area (Å²) in [5.41, 5.74) is 0. The summed E-state index contributed by atoms with van der Waals surface area (Å²) in [5.74, 6) is 0. The summed E-state index contributed by atoms with van der Waals surface area (Å²) in [6, 6.07) is 0. The summed E-state index contributed by atoms with van der Waals surface area (Å²) in [5, 5.41) is 0. The molecule has 1 saturated carbocycles. The molecular formula is C6H10BrCl. The minimum atomic E-state index is -0.0365. The Bertz CT molecular complexity index is 72.6. The maximum atomic E-state index is 5.99. The second-order valence-electron chi connectivity index (χ2n) is 2.42. The van der Waals surface area contributed by atoms with Gasteiger partial charge in [-0.2, -0.15) is 0 Å². The van der Waals surface area contributed by atoms with E-state index in [9.17, 15) is 0 Å². The maximum absolute atomic E-state index is 5.99. The largest absolute Gasteiger partial charge is 0.107 e. The highest BCUT2D eigenvalue weighted by Crippen LogP contribution is 2.38. The van der Waals surface area contributed by atoms with Crippen LogP contribution >= 0.6 is 27.5 Å². The first-order valence-electron chi connectivity index (χ1n) is 3.09. The summed E-state index contributed by atoms with van der Waals surface area (Å²) in [6.07, 6.45) is 6.20. The Morgan fingerprint density at radius 2 is 1.62 bits per heavy atom. The highest BCUT2D eigenvalue weighted by atomic mass is 79.9. The van der Waals surface area contributed by atoms with Gasteiger partial charge in [-0.05, 0) is 12.8 Å². The van der Waals surface area contributed by atoms with Crippen molar-refractivity contribution in [2.45, 2.75) is 35.9 Å². The molecule has 1 rings (SSSR count). The average Bonchev–Trinajstić information content (AvgIpc) is 1.65. The van der Waals surface area contributed by atoms with Gasteiger partial charge >= 0.3 is 0 Å². The van der Waals surface area contributed by atoms with E-state index in [0.717, 1.165) is 12.8 Å². The molecule has 0 spiro atoms. The van der Waals surface area contributed by atoms with Crippen molar-refractivity contribution in [1.29, 1.82) is 0 Å². The minimum Gasteiger partial charge on any atom is -0.107 e. The monoisotopic (exact) mass is 196 g/mol. The van der Waals surface area contributed by atoms with Crippen LogP contribution in [0, 0.1) is 0 Å². The van der Waals surface area contributed by atoms with Gasteiger partial charge in [0.05, 0.1) is 3.78 Å². The molecule has 0 radical (unpaired) electrons. The molecule has 0 aromatic carbocycles. The number of halogens is 2. The van der Waals surface area contributed by atoms with E-state index in [0.29, 0.717) is 0 Å². The zero-order chi connectivity index (χ0) is 6.04. The molecule has 48 valence electrons. The summed E-state index contributed by atoms with van der Waals surface area (Å²) in [7, 11) is 0. The van der Waals surface area contributed by atoms with E-state index in [1.54, 1.807) is 0 Å². The average molecular weight is 198 g/mol. The van der Waals surface area contributed by atoms with Crippen molar-refractivity contribution in [1.82, 2.24) is 0 Å². The Kier molecular flexibility index (Phi) is 2.21. The quantitative estimate of drug-likeness (QED) is 0.523. The molecule has 0 saturated heterocycles. The predicted octanol–water partition coefficient (Wildman–Crippen LogP) is 3.28. The van der Waals surface area contributed by atoms with Gasteiger partial charge in [-0.3, -0.25) is 0 Å². The van der Waals surface area contributed by atoms with Crippen molar-refractivity contribution in [2.24, 2.45) is 0 Å². The Morgan fingerprint density at radius 1 is 1.12 bits per heavy atom. The lowest BCUT2D eigenvalue weighted by molar-refractivity contribution is 0.491. The summed E-state index contributed by atoms with van der Waals surface area (Å²) in [4.78, 5) is 0. The van der Waals surface area contributed by atoms with Crippen molar-refractivity contribution in [3.8, 4) is 0 Å². The van der Waals surface area contributed by atoms with Gasteiger partial charge in [-0.25, -0.2) is 0 Å². The fraction of sp³-hybridized carbons (Fsp3) is 1.00. The number of hydrogen-bond acceptors (Lipinski definition) is 0. The lowest BCUT2D eigenvalue weighted by Crippen LogP contribution is -2.15. The molecule has 0 aromatic heterocycles. The Morgan fingerprint density at radius 3 is 1.88 bits per heavy atom. The van der Waals surface area contributed by atoms with Crippen molar-refractivity contribution in [3.05, 3.63) is 0 Å². The third-order valence-corrected chi connectivity index (χ3v) is 2.76. The SMILES string of the molecule is ClC1(Br)CCCCC1. The maximum Gasteiger partial charge on any atom is 0.0992 e. The zero-order valence-corrected chi connectivity index (χ0v) is 7.13. The van der Waals surface area contributed by atoms with E-state index < -0.39 is 0 Å². The van der Waals surface area contributed by atoms with E-state index >= 15 is 0 Å². The Labute approximate surface area is 63.7 Å². The van der Waals surface area contributed by atoms with Crippen LogP contribution in [0.1, 0.15) is 32.1 Å².